The monoisotopic (exact) mass is 389 g/mol. The molecule has 28 heavy (non-hydrogen) atoms. The van der Waals surface area contributed by atoms with Gasteiger partial charge in [0.2, 0.25) is 0 Å². The first-order valence-electron chi connectivity index (χ1n) is 8.70. The Morgan fingerprint density at radius 1 is 0.750 bits per heavy atom. The quantitative estimate of drug-likeness (QED) is 0.590. The van der Waals surface area contributed by atoms with Crippen LogP contribution in [0, 0.1) is 5.82 Å². The molecule has 0 amide bonds. The van der Waals surface area contributed by atoms with Crippen molar-refractivity contribution in [2.75, 3.05) is 6.54 Å². The third-order valence-electron chi connectivity index (χ3n) is 4.54. The second-order valence-electron chi connectivity index (χ2n) is 6.53. The van der Waals surface area contributed by atoms with Gasteiger partial charge in [-0.25, -0.2) is 4.39 Å². The standard InChI is InChI=1S/C22H19F4NO/c23-20-11-9-18(10-12-20)21(28,17-6-2-1-3-7-17)15-27-14-16-5-4-8-19(13-16)22(24,25)26/h1-13,27-28H,14-15H2/t21-/m1/s1. The molecule has 3 aromatic rings. The lowest BCUT2D eigenvalue weighted by atomic mass is 9.86. The molecule has 2 N–H and O–H groups in total. The number of alkyl halides is 3. The molecule has 0 aliphatic carbocycles. The fraction of sp³-hybridized carbons (Fsp3) is 0.182. The molecule has 1 atom stereocenters. The van der Waals surface area contributed by atoms with Crippen LogP contribution in [0.25, 0.3) is 0 Å². The van der Waals surface area contributed by atoms with Crippen molar-refractivity contribution in [3.05, 3.63) is 107 Å². The topological polar surface area (TPSA) is 32.3 Å². The van der Waals surface area contributed by atoms with Gasteiger partial charge in [0.25, 0.3) is 0 Å². The SMILES string of the molecule is O[C@](CNCc1cccc(C(F)(F)F)c1)(c1ccccc1)c1ccc(F)cc1. The lowest BCUT2D eigenvalue weighted by Crippen LogP contribution is -2.39. The maximum Gasteiger partial charge on any atom is 0.416 e. The highest BCUT2D eigenvalue weighted by Crippen LogP contribution is 2.31. The molecule has 0 aliphatic heterocycles. The van der Waals surface area contributed by atoms with Gasteiger partial charge in [-0.2, -0.15) is 13.2 Å². The third kappa shape index (κ3) is 4.58. The zero-order valence-corrected chi connectivity index (χ0v) is 14.9. The summed E-state index contributed by atoms with van der Waals surface area (Å²) in [5.74, 6) is -0.420. The fourth-order valence-electron chi connectivity index (χ4n) is 3.06. The summed E-state index contributed by atoms with van der Waals surface area (Å²) < 4.78 is 51.9. The van der Waals surface area contributed by atoms with E-state index < -0.39 is 23.2 Å². The normalized spacial score (nSPS) is 13.9. The molecule has 0 saturated carbocycles. The van der Waals surface area contributed by atoms with Crippen molar-refractivity contribution in [3.63, 3.8) is 0 Å². The molecule has 2 nitrogen and oxygen atoms in total. The maximum absolute atomic E-state index is 13.3. The van der Waals surface area contributed by atoms with E-state index in [0.29, 0.717) is 16.7 Å². The summed E-state index contributed by atoms with van der Waals surface area (Å²) in [7, 11) is 0. The van der Waals surface area contributed by atoms with E-state index in [1.807, 2.05) is 6.07 Å². The van der Waals surface area contributed by atoms with Crippen LogP contribution in [0.15, 0.2) is 78.9 Å². The number of halogens is 4. The van der Waals surface area contributed by atoms with Gasteiger partial charge in [0.1, 0.15) is 11.4 Å². The largest absolute Gasteiger partial charge is 0.416 e. The van der Waals surface area contributed by atoms with Crippen LogP contribution in [0.5, 0.6) is 0 Å². The number of aliphatic hydroxyl groups is 1. The number of nitrogens with one attached hydrogen (secondary N) is 1. The summed E-state index contributed by atoms with van der Waals surface area (Å²) in [4.78, 5) is 0. The van der Waals surface area contributed by atoms with Crippen LogP contribution in [0.3, 0.4) is 0 Å². The zero-order valence-electron chi connectivity index (χ0n) is 14.9. The second-order valence-corrected chi connectivity index (χ2v) is 6.53. The Balaban J connectivity index is 1.81. The van der Waals surface area contributed by atoms with Gasteiger partial charge < -0.3 is 10.4 Å². The molecule has 6 heteroatoms. The van der Waals surface area contributed by atoms with Crippen molar-refractivity contribution < 1.29 is 22.7 Å². The molecule has 0 aliphatic rings. The van der Waals surface area contributed by atoms with Crippen molar-refractivity contribution in [3.8, 4) is 0 Å². The number of benzene rings is 3. The van der Waals surface area contributed by atoms with Crippen LogP contribution in [0.2, 0.25) is 0 Å². The highest BCUT2D eigenvalue weighted by atomic mass is 19.4. The molecule has 3 aromatic carbocycles. The minimum atomic E-state index is -4.41. The zero-order chi connectivity index (χ0) is 20.2. The van der Waals surface area contributed by atoms with Crippen molar-refractivity contribution in [2.24, 2.45) is 0 Å². The molecular formula is C22H19F4NO. The van der Waals surface area contributed by atoms with Gasteiger partial charge in [-0.3, -0.25) is 0 Å². The Morgan fingerprint density at radius 3 is 2.00 bits per heavy atom. The molecule has 0 aromatic heterocycles. The first-order chi connectivity index (χ1) is 13.3. The van der Waals surface area contributed by atoms with Gasteiger partial charge >= 0.3 is 6.18 Å². The molecular weight excluding hydrogens is 370 g/mol. The number of hydrogen-bond acceptors (Lipinski definition) is 2. The molecule has 0 bridgehead atoms. The van der Waals surface area contributed by atoms with Crippen LogP contribution >= 0.6 is 0 Å². The molecule has 146 valence electrons. The van der Waals surface area contributed by atoms with Crippen LogP contribution < -0.4 is 5.32 Å². The average molecular weight is 389 g/mol. The van der Waals surface area contributed by atoms with E-state index in [1.165, 1.54) is 30.3 Å². The van der Waals surface area contributed by atoms with E-state index in [9.17, 15) is 22.7 Å². The molecule has 0 radical (unpaired) electrons. The molecule has 0 spiro atoms. The van der Waals surface area contributed by atoms with Crippen molar-refractivity contribution in [1.29, 1.82) is 0 Å². The Bertz CT molecular complexity index is 910. The third-order valence-corrected chi connectivity index (χ3v) is 4.54. The van der Waals surface area contributed by atoms with Crippen LogP contribution in [-0.2, 0) is 18.3 Å². The Labute approximate surface area is 160 Å². The van der Waals surface area contributed by atoms with Crippen molar-refractivity contribution >= 4 is 0 Å². The fourth-order valence-corrected chi connectivity index (χ4v) is 3.06. The summed E-state index contributed by atoms with van der Waals surface area (Å²) in [6.45, 7) is 0.180. The average Bonchev–Trinajstić information content (AvgIpc) is 2.68. The van der Waals surface area contributed by atoms with Crippen LogP contribution in [-0.4, -0.2) is 11.7 Å². The van der Waals surface area contributed by atoms with Crippen LogP contribution in [0.1, 0.15) is 22.3 Å². The molecule has 3 rings (SSSR count). The van der Waals surface area contributed by atoms with E-state index in [0.717, 1.165) is 12.1 Å². The maximum atomic E-state index is 13.3. The highest BCUT2D eigenvalue weighted by Gasteiger charge is 2.32. The van der Waals surface area contributed by atoms with E-state index >= 15 is 0 Å². The van der Waals surface area contributed by atoms with Gasteiger partial charge in [0.05, 0.1) is 5.56 Å². The number of hydrogen-bond donors (Lipinski definition) is 2. The minimum Gasteiger partial charge on any atom is -0.379 e. The lowest BCUT2D eigenvalue weighted by molar-refractivity contribution is -0.137. The molecule has 0 saturated heterocycles. The van der Waals surface area contributed by atoms with Gasteiger partial charge in [-0.05, 0) is 34.9 Å². The van der Waals surface area contributed by atoms with Crippen molar-refractivity contribution in [2.45, 2.75) is 18.3 Å². The molecule has 0 unspecified atom stereocenters. The minimum absolute atomic E-state index is 0.0406. The van der Waals surface area contributed by atoms with Crippen LogP contribution in [0.4, 0.5) is 17.6 Å². The smallest absolute Gasteiger partial charge is 0.379 e. The second kappa shape index (κ2) is 8.12. The molecule has 0 fully saturated rings. The van der Waals surface area contributed by atoms with Gasteiger partial charge in [-0.1, -0.05) is 60.7 Å². The van der Waals surface area contributed by atoms with Gasteiger partial charge in [0.15, 0.2) is 0 Å². The van der Waals surface area contributed by atoms with E-state index in [2.05, 4.69) is 5.32 Å². The highest BCUT2D eigenvalue weighted by molar-refractivity contribution is 5.36. The Hall–Kier alpha value is -2.70. The molecule has 0 heterocycles. The van der Waals surface area contributed by atoms with E-state index in [1.54, 1.807) is 30.3 Å². The summed E-state index contributed by atoms with van der Waals surface area (Å²) in [5, 5.41) is 14.4. The van der Waals surface area contributed by atoms with Crippen molar-refractivity contribution in [1.82, 2.24) is 5.32 Å². The summed E-state index contributed by atoms with van der Waals surface area (Å²) >= 11 is 0. The first-order valence-corrected chi connectivity index (χ1v) is 8.70. The van der Waals surface area contributed by atoms with E-state index in [-0.39, 0.29) is 13.1 Å². The first kappa shape index (κ1) is 20.0. The summed E-state index contributed by atoms with van der Waals surface area (Å²) in [5.41, 5.74) is -0.654. The Morgan fingerprint density at radius 2 is 1.36 bits per heavy atom. The summed E-state index contributed by atoms with van der Waals surface area (Å²) in [6.07, 6.45) is -4.41. The van der Waals surface area contributed by atoms with Gasteiger partial charge in [-0.15, -0.1) is 0 Å². The number of rotatable bonds is 6. The van der Waals surface area contributed by atoms with Gasteiger partial charge in [0, 0.05) is 13.1 Å². The predicted octanol–water partition coefficient (Wildman–Crippen LogP) is 4.87. The lowest BCUT2D eigenvalue weighted by Gasteiger charge is -2.30. The summed E-state index contributed by atoms with van der Waals surface area (Å²) in [6, 6.07) is 19.4. The van der Waals surface area contributed by atoms with E-state index in [4.69, 9.17) is 0 Å². The Kier molecular flexibility index (Phi) is 5.82. The predicted molar refractivity (Wildman–Crippen MR) is 99.0 cm³/mol.